The van der Waals surface area contributed by atoms with E-state index in [1.807, 2.05) is 0 Å². The van der Waals surface area contributed by atoms with Crippen molar-refractivity contribution < 1.29 is 13.5 Å². The van der Waals surface area contributed by atoms with E-state index in [9.17, 15) is 8.78 Å². The first-order valence-corrected chi connectivity index (χ1v) is 5.16. The molecule has 0 N–H and O–H groups in total. The normalized spacial score (nSPS) is 23.1. The first kappa shape index (κ1) is 9.59. The topological polar surface area (TPSA) is 33.0 Å². The van der Waals surface area contributed by atoms with Crippen LogP contribution in [0, 0.1) is 11.3 Å². The molecular formula is C12H9F2NO. The minimum absolute atomic E-state index is 0.226. The lowest BCUT2D eigenvalue weighted by atomic mass is 9.96. The number of ether oxygens (including phenoxy) is 1. The average molecular weight is 221 g/mol. The summed E-state index contributed by atoms with van der Waals surface area (Å²) < 4.78 is 30.5. The maximum atomic E-state index is 13.0. The highest BCUT2D eigenvalue weighted by atomic mass is 19.3. The first-order chi connectivity index (χ1) is 7.55. The van der Waals surface area contributed by atoms with Crippen LogP contribution in [0.2, 0.25) is 0 Å². The smallest absolute Gasteiger partial charge is 0.402 e. The summed E-state index contributed by atoms with van der Waals surface area (Å²) in [5, 5.41) is 9.02. The van der Waals surface area contributed by atoms with Crippen LogP contribution in [0.25, 0.3) is 0 Å². The number of benzene rings is 1. The van der Waals surface area contributed by atoms with Crippen molar-refractivity contribution in [2.45, 2.75) is 30.8 Å². The standard InChI is InChI=1S/C12H9F2NO/c13-12(14)6-8-1-2-9(5-10(8)16-12)11(7-15)3-4-11/h1-2,5H,3-4,6H2. The molecule has 1 aromatic rings. The molecule has 0 bridgehead atoms. The number of fused-ring (bicyclic) bond motifs is 1. The van der Waals surface area contributed by atoms with Gasteiger partial charge in [0.1, 0.15) is 5.75 Å². The van der Waals surface area contributed by atoms with E-state index in [-0.39, 0.29) is 12.2 Å². The van der Waals surface area contributed by atoms with Crippen molar-refractivity contribution >= 4 is 0 Å². The van der Waals surface area contributed by atoms with Gasteiger partial charge in [0, 0.05) is 5.56 Å². The summed E-state index contributed by atoms with van der Waals surface area (Å²) in [5.74, 6) is 0.226. The second-order valence-corrected chi connectivity index (χ2v) is 4.43. The van der Waals surface area contributed by atoms with Crippen LogP contribution in [-0.4, -0.2) is 6.11 Å². The van der Waals surface area contributed by atoms with E-state index in [2.05, 4.69) is 10.8 Å². The fourth-order valence-corrected chi connectivity index (χ4v) is 2.10. The van der Waals surface area contributed by atoms with Crippen molar-refractivity contribution in [1.29, 1.82) is 5.26 Å². The van der Waals surface area contributed by atoms with Crippen LogP contribution in [-0.2, 0) is 11.8 Å². The predicted molar refractivity (Wildman–Crippen MR) is 52.2 cm³/mol. The monoisotopic (exact) mass is 221 g/mol. The van der Waals surface area contributed by atoms with Crippen LogP contribution < -0.4 is 4.74 Å². The summed E-state index contributed by atoms with van der Waals surface area (Å²) in [4.78, 5) is 0. The molecule has 3 rings (SSSR count). The minimum Gasteiger partial charge on any atom is -0.432 e. The zero-order valence-corrected chi connectivity index (χ0v) is 8.46. The third-order valence-electron chi connectivity index (χ3n) is 3.24. The molecule has 4 heteroatoms. The highest BCUT2D eigenvalue weighted by Gasteiger charge is 2.46. The van der Waals surface area contributed by atoms with Crippen LogP contribution in [0.4, 0.5) is 8.78 Å². The van der Waals surface area contributed by atoms with E-state index in [0.29, 0.717) is 5.56 Å². The molecule has 0 radical (unpaired) electrons. The Balaban J connectivity index is 2.01. The van der Waals surface area contributed by atoms with Crippen LogP contribution in [0.5, 0.6) is 5.75 Å². The fraction of sp³-hybridized carbons (Fsp3) is 0.417. The van der Waals surface area contributed by atoms with Gasteiger partial charge in [0.25, 0.3) is 0 Å². The minimum atomic E-state index is -3.09. The van der Waals surface area contributed by atoms with Gasteiger partial charge in [-0.25, -0.2) is 0 Å². The molecule has 1 heterocycles. The van der Waals surface area contributed by atoms with Crippen molar-refractivity contribution in [2.24, 2.45) is 0 Å². The molecule has 2 aliphatic rings. The van der Waals surface area contributed by atoms with Crippen molar-refractivity contribution in [1.82, 2.24) is 0 Å². The predicted octanol–water partition coefficient (Wildman–Crippen LogP) is 2.77. The SMILES string of the molecule is N#CC1(c2ccc3c(c2)OC(F)(F)C3)CC1. The molecule has 1 aliphatic heterocycles. The molecule has 0 spiro atoms. The van der Waals surface area contributed by atoms with E-state index >= 15 is 0 Å². The third-order valence-corrected chi connectivity index (χ3v) is 3.24. The number of alkyl halides is 2. The maximum absolute atomic E-state index is 13.0. The largest absolute Gasteiger partial charge is 0.432 e. The van der Waals surface area contributed by atoms with Gasteiger partial charge in [-0.05, 0) is 24.5 Å². The molecule has 1 fully saturated rings. The average Bonchev–Trinajstić information content (AvgIpc) is 2.95. The zero-order chi connectivity index (χ0) is 11.4. The van der Waals surface area contributed by atoms with Gasteiger partial charge in [-0.2, -0.15) is 14.0 Å². The first-order valence-electron chi connectivity index (χ1n) is 5.16. The van der Waals surface area contributed by atoms with E-state index < -0.39 is 11.5 Å². The number of hydrogen-bond donors (Lipinski definition) is 0. The molecular weight excluding hydrogens is 212 g/mol. The lowest BCUT2D eigenvalue weighted by molar-refractivity contribution is -0.159. The van der Waals surface area contributed by atoms with E-state index in [1.54, 1.807) is 18.2 Å². The number of nitriles is 1. The van der Waals surface area contributed by atoms with E-state index in [0.717, 1.165) is 18.4 Å². The van der Waals surface area contributed by atoms with Gasteiger partial charge in [0.2, 0.25) is 0 Å². The second kappa shape index (κ2) is 2.73. The molecule has 0 aromatic heterocycles. The second-order valence-electron chi connectivity index (χ2n) is 4.43. The summed E-state index contributed by atoms with van der Waals surface area (Å²) in [5.41, 5.74) is 0.866. The molecule has 0 amide bonds. The third kappa shape index (κ3) is 1.28. The van der Waals surface area contributed by atoms with Crippen molar-refractivity contribution in [3.8, 4) is 11.8 Å². The molecule has 0 unspecified atom stereocenters. The molecule has 16 heavy (non-hydrogen) atoms. The lowest BCUT2D eigenvalue weighted by Crippen LogP contribution is -2.20. The molecule has 1 aliphatic carbocycles. The number of hydrogen-bond acceptors (Lipinski definition) is 2. The Morgan fingerprint density at radius 2 is 2.06 bits per heavy atom. The van der Waals surface area contributed by atoms with Crippen molar-refractivity contribution in [3.63, 3.8) is 0 Å². The molecule has 0 saturated heterocycles. The molecule has 1 saturated carbocycles. The van der Waals surface area contributed by atoms with Crippen LogP contribution in [0.3, 0.4) is 0 Å². The Morgan fingerprint density at radius 3 is 2.69 bits per heavy atom. The van der Waals surface area contributed by atoms with Gasteiger partial charge >= 0.3 is 6.11 Å². The highest BCUT2D eigenvalue weighted by Crippen LogP contribution is 2.49. The van der Waals surface area contributed by atoms with Gasteiger partial charge in [-0.3, -0.25) is 0 Å². The van der Waals surface area contributed by atoms with Crippen LogP contribution in [0.1, 0.15) is 24.0 Å². The van der Waals surface area contributed by atoms with Crippen LogP contribution in [0.15, 0.2) is 18.2 Å². The summed E-state index contributed by atoms with van der Waals surface area (Å²) in [6.07, 6.45) is -1.86. The summed E-state index contributed by atoms with van der Waals surface area (Å²) in [6, 6.07) is 7.23. The van der Waals surface area contributed by atoms with Gasteiger partial charge in [0.15, 0.2) is 0 Å². The number of halogens is 2. The maximum Gasteiger partial charge on any atom is 0.402 e. The highest BCUT2D eigenvalue weighted by molar-refractivity contribution is 5.48. The van der Waals surface area contributed by atoms with E-state index in [4.69, 9.17) is 5.26 Å². The Labute approximate surface area is 91.4 Å². The Hall–Kier alpha value is -1.63. The van der Waals surface area contributed by atoms with Crippen LogP contribution >= 0.6 is 0 Å². The van der Waals surface area contributed by atoms with Crippen molar-refractivity contribution in [2.75, 3.05) is 0 Å². The summed E-state index contributed by atoms with van der Waals surface area (Å²) in [6.45, 7) is 0. The summed E-state index contributed by atoms with van der Waals surface area (Å²) >= 11 is 0. The molecule has 2 nitrogen and oxygen atoms in total. The Kier molecular flexibility index (Phi) is 1.64. The number of nitrogens with zero attached hydrogens (tertiary/aromatic N) is 1. The molecule has 1 aromatic carbocycles. The summed E-state index contributed by atoms with van der Waals surface area (Å²) in [7, 11) is 0. The van der Waals surface area contributed by atoms with E-state index in [1.165, 1.54) is 0 Å². The van der Waals surface area contributed by atoms with Gasteiger partial charge < -0.3 is 4.74 Å². The van der Waals surface area contributed by atoms with Crippen molar-refractivity contribution in [3.05, 3.63) is 29.3 Å². The Bertz CT molecular complexity index is 500. The fourth-order valence-electron chi connectivity index (χ4n) is 2.10. The van der Waals surface area contributed by atoms with Gasteiger partial charge in [-0.1, -0.05) is 12.1 Å². The zero-order valence-electron chi connectivity index (χ0n) is 8.46. The van der Waals surface area contributed by atoms with Gasteiger partial charge in [-0.15, -0.1) is 0 Å². The Morgan fingerprint density at radius 1 is 1.31 bits per heavy atom. The lowest BCUT2D eigenvalue weighted by Gasteiger charge is -2.09. The number of rotatable bonds is 1. The van der Waals surface area contributed by atoms with Gasteiger partial charge in [0.05, 0.1) is 17.9 Å². The molecule has 0 atom stereocenters. The molecule has 82 valence electrons. The quantitative estimate of drug-likeness (QED) is 0.730.